The molecule has 0 amide bonds. The lowest BCUT2D eigenvalue weighted by molar-refractivity contribution is 0.112. The van der Waals surface area contributed by atoms with Crippen LogP contribution in [0, 0.1) is 0 Å². The van der Waals surface area contributed by atoms with Gasteiger partial charge in [0.05, 0.1) is 4.70 Å². The number of nitrogens with two attached hydrogens (primary N) is 1. The Bertz CT molecular complexity index is 476. The molecule has 0 aliphatic heterocycles. The van der Waals surface area contributed by atoms with Crippen LogP contribution in [0.5, 0.6) is 5.75 Å². The molecule has 0 unspecified atom stereocenters. The van der Waals surface area contributed by atoms with E-state index in [1.807, 2.05) is 0 Å². The van der Waals surface area contributed by atoms with Gasteiger partial charge < -0.3 is 10.8 Å². The summed E-state index contributed by atoms with van der Waals surface area (Å²) in [7, 11) is 0. The third-order valence-electron chi connectivity index (χ3n) is 1.83. The van der Waals surface area contributed by atoms with Crippen molar-refractivity contribution < 1.29 is 9.90 Å². The van der Waals surface area contributed by atoms with Gasteiger partial charge in [0.1, 0.15) is 5.75 Å². The van der Waals surface area contributed by atoms with E-state index < -0.39 is 0 Å². The van der Waals surface area contributed by atoms with Crippen molar-refractivity contribution in [3.8, 4) is 5.75 Å². The molecule has 1 aromatic carbocycles. The van der Waals surface area contributed by atoms with Gasteiger partial charge >= 0.3 is 0 Å². The van der Waals surface area contributed by atoms with Crippen LogP contribution in [0.2, 0.25) is 0 Å². The van der Waals surface area contributed by atoms with Crippen molar-refractivity contribution in [2.75, 3.05) is 5.73 Å². The smallest absolute Gasteiger partial charge is 0.151 e. The summed E-state index contributed by atoms with van der Waals surface area (Å²) in [5.41, 5.74) is 6.57. The van der Waals surface area contributed by atoms with Crippen LogP contribution in [0.15, 0.2) is 17.5 Å². The molecule has 4 heteroatoms. The highest BCUT2D eigenvalue weighted by atomic mass is 32.1. The Balaban J connectivity index is 2.89. The van der Waals surface area contributed by atoms with E-state index in [0.29, 0.717) is 16.0 Å². The molecule has 0 radical (unpaired) electrons. The quantitative estimate of drug-likeness (QED) is 0.537. The first-order valence-electron chi connectivity index (χ1n) is 3.67. The minimum atomic E-state index is 0.133. The number of rotatable bonds is 1. The Kier molecular flexibility index (Phi) is 1.70. The number of phenols is 1. The maximum absolute atomic E-state index is 10.6. The van der Waals surface area contributed by atoms with Crippen molar-refractivity contribution in [2.45, 2.75) is 0 Å². The lowest BCUT2D eigenvalue weighted by Gasteiger charge is -1.97. The number of benzene rings is 1. The van der Waals surface area contributed by atoms with Gasteiger partial charge in [-0.25, -0.2) is 0 Å². The van der Waals surface area contributed by atoms with Crippen LogP contribution in [0.4, 0.5) is 5.69 Å². The van der Waals surface area contributed by atoms with Crippen LogP contribution in [0.3, 0.4) is 0 Å². The zero-order valence-electron chi connectivity index (χ0n) is 6.65. The lowest BCUT2D eigenvalue weighted by Crippen LogP contribution is -1.84. The van der Waals surface area contributed by atoms with Crippen LogP contribution in [0.25, 0.3) is 10.1 Å². The second-order valence-corrected chi connectivity index (χ2v) is 3.61. The molecule has 0 atom stereocenters. The Morgan fingerprint density at radius 3 is 2.92 bits per heavy atom. The van der Waals surface area contributed by atoms with Gasteiger partial charge in [0.15, 0.2) is 6.29 Å². The zero-order valence-corrected chi connectivity index (χ0v) is 7.47. The first kappa shape index (κ1) is 8.07. The van der Waals surface area contributed by atoms with Crippen LogP contribution < -0.4 is 5.73 Å². The van der Waals surface area contributed by atoms with Crippen molar-refractivity contribution in [2.24, 2.45) is 0 Å². The number of aromatic hydroxyl groups is 1. The van der Waals surface area contributed by atoms with Gasteiger partial charge in [-0.05, 0) is 6.07 Å². The van der Waals surface area contributed by atoms with Crippen molar-refractivity contribution >= 4 is 33.4 Å². The second-order valence-electron chi connectivity index (χ2n) is 2.73. The van der Waals surface area contributed by atoms with Crippen LogP contribution >= 0.6 is 11.3 Å². The third kappa shape index (κ3) is 1.15. The minimum Gasteiger partial charge on any atom is -0.506 e. The molecule has 0 bridgehead atoms. The topological polar surface area (TPSA) is 63.3 Å². The van der Waals surface area contributed by atoms with E-state index >= 15 is 0 Å². The van der Waals surface area contributed by atoms with Crippen molar-refractivity contribution in [3.05, 3.63) is 23.1 Å². The van der Waals surface area contributed by atoms with E-state index in [1.54, 1.807) is 11.4 Å². The maximum Gasteiger partial charge on any atom is 0.151 e. The van der Waals surface area contributed by atoms with E-state index in [9.17, 15) is 9.90 Å². The van der Waals surface area contributed by atoms with Gasteiger partial charge in [0.2, 0.25) is 0 Å². The molecule has 1 heterocycles. The van der Waals surface area contributed by atoms with Gasteiger partial charge in [-0.3, -0.25) is 4.79 Å². The predicted molar refractivity (Wildman–Crippen MR) is 53.3 cm³/mol. The Hall–Kier alpha value is -1.55. The number of hydrogen-bond acceptors (Lipinski definition) is 4. The summed E-state index contributed by atoms with van der Waals surface area (Å²) in [5.74, 6) is 0.133. The molecule has 3 nitrogen and oxygen atoms in total. The van der Waals surface area contributed by atoms with Gasteiger partial charge in [0, 0.05) is 28.1 Å². The number of carbonyl (C=O) groups excluding carboxylic acids is 1. The van der Waals surface area contributed by atoms with E-state index in [2.05, 4.69) is 0 Å². The van der Waals surface area contributed by atoms with E-state index in [1.165, 1.54) is 17.4 Å². The summed E-state index contributed by atoms with van der Waals surface area (Å²) in [4.78, 5) is 10.6. The average Bonchev–Trinajstić information content (AvgIpc) is 2.47. The largest absolute Gasteiger partial charge is 0.506 e. The summed E-state index contributed by atoms with van der Waals surface area (Å²) >= 11 is 1.34. The van der Waals surface area contributed by atoms with E-state index in [0.717, 1.165) is 11.7 Å². The van der Waals surface area contributed by atoms with Crippen molar-refractivity contribution in [1.82, 2.24) is 0 Å². The lowest BCUT2D eigenvalue weighted by atomic mass is 10.1. The van der Waals surface area contributed by atoms with E-state index in [-0.39, 0.29) is 5.75 Å². The normalized spacial score (nSPS) is 10.5. The number of phenolic OH excluding ortho intramolecular Hbond substituents is 1. The molecule has 0 spiro atoms. The molecule has 0 saturated carbocycles. The number of carbonyl (C=O) groups is 1. The fourth-order valence-corrected chi connectivity index (χ4v) is 2.16. The first-order valence-corrected chi connectivity index (χ1v) is 4.55. The fraction of sp³-hybridized carbons (Fsp3) is 0. The number of aldehydes is 1. The van der Waals surface area contributed by atoms with Crippen molar-refractivity contribution in [1.29, 1.82) is 0 Å². The molecule has 13 heavy (non-hydrogen) atoms. The highest BCUT2D eigenvalue weighted by Gasteiger charge is 2.07. The summed E-state index contributed by atoms with van der Waals surface area (Å²) in [6, 6.07) is 3.17. The molecular weight excluding hydrogens is 186 g/mol. The summed E-state index contributed by atoms with van der Waals surface area (Å²) < 4.78 is 0.705. The van der Waals surface area contributed by atoms with Crippen molar-refractivity contribution in [3.63, 3.8) is 0 Å². The molecular formula is C9H7NO2S. The monoisotopic (exact) mass is 193 g/mol. The van der Waals surface area contributed by atoms with Gasteiger partial charge in [-0.1, -0.05) is 0 Å². The summed E-state index contributed by atoms with van der Waals surface area (Å²) in [5, 5.41) is 11.9. The second kappa shape index (κ2) is 2.74. The molecule has 1 aromatic heterocycles. The predicted octanol–water partition coefficient (Wildman–Crippen LogP) is 2.00. The van der Waals surface area contributed by atoms with E-state index in [4.69, 9.17) is 5.73 Å². The molecule has 3 N–H and O–H groups in total. The number of anilines is 1. The standard InChI is InChI=1S/C9H7NO2S/c10-6-1-7-5(3-11)4-13-9(7)8(12)2-6/h1-4,12H,10H2. The maximum atomic E-state index is 10.6. The molecule has 66 valence electrons. The van der Waals surface area contributed by atoms with Gasteiger partial charge in [-0.15, -0.1) is 11.3 Å². The molecule has 0 saturated heterocycles. The molecule has 2 rings (SSSR count). The minimum absolute atomic E-state index is 0.133. The van der Waals surface area contributed by atoms with Gasteiger partial charge in [-0.2, -0.15) is 0 Å². The summed E-state index contributed by atoms with van der Waals surface area (Å²) in [6.45, 7) is 0. The average molecular weight is 193 g/mol. The molecule has 0 aliphatic rings. The summed E-state index contributed by atoms with van der Waals surface area (Å²) in [6.07, 6.45) is 0.762. The first-order chi connectivity index (χ1) is 6.22. The van der Waals surface area contributed by atoms with Gasteiger partial charge in [0.25, 0.3) is 0 Å². The fourth-order valence-electron chi connectivity index (χ4n) is 1.25. The Morgan fingerprint density at radius 1 is 1.46 bits per heavy atom. The molecule has 0 fully saturated rings. The highest BCUT2D eigenvalue weighted by Crippen LogP contribution is 2.34. The Morgan fingerprint density at radius 2 is 2.23 bits per heavy atom. The Labute approximate surface area is 78.4 Å². The van der Waals surface area contributed by atoms with Crippen LogP contribution in [-0.4, -0.2) is 11.4 Å². The molecule has 0 aliphatic carbocycles. The SMILES string of the molecule is Nc1cc(O)c2scc(C=O)c2c1. The highest BCUT2D eigenvalue weighted by molar-refractivity contribution is 7.18. The number of hydrogen-bond donors (Lipinski definition) is 2. The van der Waals surface area contributed by atoms with Crippen LogP contribution in [-0.2, 0) is 0 Å². The molecule has 2 aromatic rings. The number of nitrogen functional groups attached to an aromatic ring is 1. The number of thiophene rings is 1. The third-order valence-corrected chi connectivity index (χ3v) is 2.87. The van der Waals surface area contributed by atoms with Crippen LogP contribution in [0.1, 0.15) is 10.4 Å². The zero-order chi connectivity index (χ0) is 9.42. The number of fused-ring (bicyclic) bond motifs is 1.